The second kappa shape index (κ2) is 8.61. The van der Waals surface area contributed by atoms with Crippen molar-refractivity contribution in [3.05, 3.63) is 179 Å². The van der Waals surface area contributed by atoms with Crippen molar-refractivity contribution in [3.63, 3.8) is 0 Å². The zero-order valence-electron chi connectivity index (χ0n) is 25.3. The minimum absolute atomic E-state index is 0.133. The first-order chi connectivity index (χ1) is 22.0. The predicted molar refractivity (Wildman–Crippen MR) is 184 cm³/mol. The summed E-state index contributed by atoms with van der Waals surface area (Å²) in [5.74, 6) is 1.89. The van der Waals surface area contributed by atoms with E-state index < -0.39 is 0 Å². The van der Waals surface area contributed by atoms with Crippen LogP contribution in [0, 0.1) is 0 Å². The van der Waals surface area contributed by atoms with Crippen molar-refractivity contribution in [1.82, 2.24) is 0 Å². The van der Waals surface area contributed by atoms with Gasteiger partial charge in [0.25, 0.3) is 0 Å². The molecule has 1 aliphatic heterocycles. The lowest BCUT2D eigenvalue weighted by molar-refractivity contribution is 0.418. The Labute approximate surface area is 263 Å². The Kier molecular flexibility index (Phi) is 4.78. The molecule has 0 N–H and O–H groups in total. The molecule has 0 fully saturated rings. The van der Waals surface area contributed by atoms with E-state index in [1.54, 1.807) is 0 Å². The molecule has 1 atom stereocenters. The van der Waals surface area contributed by atoms with E-state index in [2.05, 4.69) is 159 Å². The number of hydrogen-bond acceptors (Lipinski definition) is 1. The molecule has 0 radical (unpaired) electrons. The topological polar surface area (TPSA) is 9.23 Å². The van der Waals surface area contributed by atoms with Crippen molar-refractivity contribution in [1.29, 1.82) is 0 Å². The fourth-order valence-corrected chi connectivity index (χ4v) is 8.64. The fraction of sp³-hybridized carbons (Fsp3) is 0.0909. The summed E-state index contributed by atoms with van der Waals surface area (Å²) in [7, 11) is 0. The molecule has 2 aliphatic carbocycles. The number of hydrogen-bond donors (Lipinski definition) is 0. The Morgan fingerprint density at radius 3 is 1.69 bits per heavy atom. The van der Waals surface area contributed by atoms with Gasteiger partial charge in [0.2, 0.25) is 0 Å². The molecule has 0 bridgehead atoms. The van der Waals surface area contributed by atoms with Gasteiger partial charge < -0.3 is 4.74 Å². The van der Waals surface area contributed by atoms with Gasteiger partial charge in [0.05, 0.1) is 5.41 Å². The molecule has 1 spiro atoms. The summed E-state index contributed by atoms with van der Waals surface area (Å²) in [6, 6.07) is 54.0. The first kappa shape index (κ1) is 25.0. The summed E-state index contributed by atoms with van der Waals surface area (Å²) < 4.78 is 6.55. The van der Waals surface area contributed by atoms with E-state index in [1.807, 2.05) is 0 Å². The van der Waals surface area contributed by atoms with Gasteiger partial charge in [-0.2, -0.15) is 0 Å². The van der Waals surface area contributed by atoms with Crippen LogP contribution in [0.25, 0.3) is 44.2 Å². The standard InChI is InChI=1S/C44H30O/c1-43(2)37-17-9-10-18-41(37)45-42-26-30(20-22-38(42)43)29-19-21-33-31-13-5-7-15-35(31)44(39(33)25-29)36-16-8-6-14-32(36)34-23-27-11-3-4-12-28(27)24-40(34)44/h3-26H,1-2H3. The highest BCUT2D eigenvalue weighted by Gasteiger charge is 2.51. The average Bonchev–Trinajstić information content (AvgIpc) is 3.53. The highest BCUT2D eigenvalue weighted by atomic mass is 16.5. The quantitative estimate of drug-likeness (QED) is 0.189. The summed E-state index contributed by atoms with van der Waals surface area (Å²) in [6.45, 7) is 4.59. The van der Waals surface area contributed by atoms with Crippen LogP contribution in [-0.2, 0) is 10.8 Å². The Morgan fingerprint density at radius 1 is 0.378 bits per heavy atom. The Hall–Kier alpha value is -5.40. The Balaban J connectivity index is 1.23. The molecule has 0 amide bonds. The largest absolute Gasteiger partial charge is 0.457 e. The second-order valence-corrected chi connectivity index (χ2v) is 13.3. The highest BCUT2D eigenvalue weighted by Crippen LogP contribution is 2.63. The number of benzene rings is 7. The van der Waals surface area contributed by atoms with Crippen LogP contribution in [0.1, 0.15) is 47.2 Å². The molecular formula is C44H30O. The maximum absolute atomic E-state index is 6.55. The molecule has 10 rings (SSSR count). The van der Waals surface area contributed by atoms with Crippen LogP contribution in [0.15, 0.2) is 146 Å². The van der Waals surface area contributed by atoms with E-state index in [0.29, 0.717) is 0 Å². The maximum atomic E-state index is 6.55. The van der Waals surface area contributed by atoms with E-state index in [9.17, 15) is 0 Å². The van der Waals surface area contributed by atoms with Gasteiger partial charge in [0, 0.05) is 16.5 Å². The number of para-hydroxylation sites is 1. The van der Waals surface area contributed by atoms with E-state index >= 15 is 0 Å². The number of rotatable bonds is 1. The molecule has 0 aromatic heterocycles. The summed E-state index contributed by atoms with van der Waals surface area (Å²) in [4.78, 5) is 0. The van der Waals surface area contributed by atoms with Crippen LogP contribution in [0.2, 0.25) is 0 Å². The van der Waals surface area contributed by atoms with Crippen molar-refractivity contribution in [2.75, 3.05) is 0 Å². The first-order valence-corrected chi connectivity index (χ1v) is 15.8. The van der Waals surface area contributed by atoms with Crippen molar-refractivity contribution >= 4 is 10.8 Å². The lowest BCUT2D eigenvalue weighted by atomic mass is 9.70. The Bertz CT molecular complexity index is 2390. The normalized spacial score (nSPS) is 17.6. The second-order valence-electron chi connectivity index (χ2n) is 13.3. The third kappa shape index (κ3) is 3.13. The van der Waals surface area contributed by atoms with Crippen LogP contribution < -0.4 is 4.74 Å². The van der Waals surface area contributed by atoms with Crippen molar-refractivity contribution in [2.24, 2.45) is 0 Å². The van der Waals surface area contributed by atoms with Crippen LogP contribution in [0.5, 0.6) is 11.5 Å². The molecule has 1 nitrogen and oxygen atoms in total. The third-order valence-electron chi connectivity index (χ3n) is 10.7. The third-order valence-corrected chi connectivity index (χ3v) is 10.7. The molecule has 7 aromatic rings. The fourth-order valence-electron chi connectivity index (χ4n) is 8.64. The summed E-state index contributed by atoms with van der Waals surface area (Å²) in [5.41, 5.74) is 15.1. The molecule has 1 heteroatoms. The van der Waals surface area contributed by atoms with Crippen LogP contribution in [0.3, 0.4) is 0 Å². The van der Waals surface area contributed by atoms with E-state index in [1.165, 1.54) is 77.5 Å². The zero-order chi connectivity index (χ0) is 29.9. The molecule has 45 heavy (non-hydrogen) atoms. The van der Waals surface area contributed by atoms with E-state index in [-0.39, 0.29) is 10.8 Å². The SMILES string of the molecule is CC1(C)c2ccccc2Oc2cc(-c3ccc4c(c3)C3(c5ccccc5-4)c4ccccc4-c4cc5ccccc5cc43)ccc21. The van der Waals surface area contributed by atoms with Gasteiger partial charge in [0.15, 0.2) is 0 Å². The van der Waals surface area contributed by atoms with E-state index in [4.69, 9.17) is 4.74 Å². The Morgan fingerprint density at radius 2 is 0.911 bits per heavy atom. The van der Waals surface area contributed by atoms with Crippen molar-refractivity contribution < 1.29 is 4.74 Å². The molecule has 1 unspecified atom stereocenters. The molecular weight excluding hydrogens is 544 g/mol. The summed E-state index contributed by atoms with van der Waals surface area (Å²) in [6.07, 6.45) is 0. The number of fused-ring (bicyclic) bond motifs is 13. The molecule has 0 saturated carbocycles. The van der Waals surface area contributed by atoms with Gasteiger partial charge in [-0.15, -0.1) is 0 Å². The molecule has 3 aliphatic rings. The number of ether oxygens (including phenoxy) is 1. The van der Waals surface area contributed by atoms with Crippen LogP contribution in [-0.4, -0.2) is 0 Å². The summed E-state index contributed by atoms with van der Waals surface area (Å²) in [5, 5.41) is 2.56. The van der Waals surface area contributed by atoms with Crippen molar-refractivity contribution in [2.45, 2.75) is 24.7 Å². The van der Waals surface area contributed by atoms with Crippen LogP contribution in [0.4, 0.5) is 0 Å². The minimum Gasteiger partial charge on any atom is -0.457 e. The lowest BCUT2D eigenvalue weighted by Crippen LogP contribution is -2.26. The van der Waals surface area contributed by atoms with E-state index in [0.717, 1.165) is 11.5 Å². The van der Waals surface area contributed by atoms with Gasteiger partial charge in [-0.05, 0) is 96.7 Å². The van der Waals surface area contributed by atoms with Gasteiger partial charge in [-0.1, -0.05) is 129 Å². The van der Waals surface area contributed by atoms with Gasteiger partial charge >= 0.3 is 0 Å². The molecule has 1 heterocycles. The van der Waals surface area contributed by atoms with Gasteiger partial charge in [0.1, 0.15) is 11.5 Å². The minimum atomic E-state index is -0.385. The highest BCUT2D eigenvalue weighted by molar-refractivity contribution is 6.00. The molecule has 212 valence electrons. The average molecular weight is 575 g/mol. The smallest absolute Gasteiger partial charge is 0.132 e. The van der Waals surface area contributed by atoms with Crippen LogP contribution >= 0.6 is 0 Å². The predicted octanol–water partition coefficient (Wildman–Crippen LogP) is 11.3. The van der Waals surface area contributed by atoms with Gasteiger partial charge in [-0.25, -0.2) is 0 Å². The van der Waals surface area contributed by atoms with Crippen molar-refractivity contribution in [3.8, 4) is 44.9 Å². The zero-order valence-corrected chi connectivity index (χ0v) is 25.3. The summed E-state index contributed by atoms with van der Waals surface area (Å²) >= 11 is 0. The van der Waals surface area contributed by atoms with Gasteiger partial charge in [-0.3, -0.25) is 0 Å². The first-order valence-electron chi connectivity index (χ1n) is 15.8. The maximum Gasteiger partial charge on any atom is 0.132 e. The molecule has 0 saturated heterocycles. The monoisotopic (exact) mass is 574 g/mol. The lowest BCUT2D eigenvalue weighted by Gasteiger charge is -2.34. The molecule has 7 aromatic carbocycles.